The van der Waals surface area contributed by atoms with Crippen LogP contribution < -0.4 is 0 Å². The fourth-order valence-electron chi connectivity index (χ4n) is 2.68. The number of aliphatic hydroxyl groups excluding tert-OH is 1. The molecule has 1 aromatic heterocycles. The second-order valence-electron chi connectivity index (χ2n) is 5.64. The summed E-state index contributed by atoms with van der Waals surface area (Å²) in [4.78, 5) is 14.4. The number of rotatable bonds is 5. The van der Waals surface area contributed by atoms with Crippen molar-refractivity contribution in [2.75, 3.05) is 19.7 Å². The van der Waals surface area contributed by atoms with Crippen LogP contribution in [0.5, 0.6) is 0 Å². The Morgan fingerprint density at radius 3 is 2.75 bits per heavy atom. The molecule has 0 aliphatic carbocycles. The highest BCUT2D eigenvalue weighted by atomic mass is 16.3. The van der Waals surface area contributed by atoms with Crippen molar-refractivity contribution in [3.8, 4) is 0 Å². The Morgan fingerprint density at radius 1 is 1.45 bits per heavy atom. The standard InChI is InChI=1S/C15H25N3O2/c1-3-4-7-18-12(2)14(10-16-18)15(20)17-8-5-13(11-19)6-9-17/h10,13,19H,3-9,11H2,1-2H3. The molecule has 0 spiro atoms. The van der Waals surface area contributed by atoms with E-state index in [-0.39, 0.29) is 12.5 Å². The van der Waals surface area contributed by atoms with Crippen molar-refractivity contribution < 1.29 is 9.90 Å². The fourth-order valence-corrected chi connectivity index (χ4v) is 2.68. The maximum Gasteiger partial charge on any atom is 0.257 e. The molecule has 1 aliphatic rings. The molecular weight excluding hydrogens is 254 g/mol. The van der Waals surface area contributed by atoms with Crippen LogP contribution in [0.4, 0.5) is 0 Å². The SMILES string of the molecule is CCCCn1ncc(C(=O)N2CCC(CO)CC2)c1C. The fraction of sp³-hybridized carbons (Fsp3) is 0.733. The van der Waals surface area contributed by atoms with E-state index >= 15 is 0 Å². The van der Waals surface area contributed by atoms with Gasteiger partial charge in [-0.15, -0.1) is 0 Å². The van der Waals surface area contributed by atoms with Gasteiger partial charge >= 0.3 is 0 Å². The molecule has 0 saturated carbocycles. The Hall–Kier alpha value is -1.36. The third-order valence-electron chi connectivity index (χ3n) is 4.22. The van der Waals surface area contributed by atoms with Crippen molar-refractivity contribution in [3.63, 3.8) is 0 Å². The van der Waals surface area contributed by atoms with Crippen molar-refractivity contribution in [1.82, 2.24) is 14.7 Å². The highest BCUT2D eigenvalue weighted by molar-refractivity contribution is 5.95. The van der Waals surface area contributed by atoms with E-state index in [2.05, 4.69) is 12.0 Å². The molecule has 1 fully saturated rings. The Bertz CT molecular complexity index is 448. The van der Waals surface area contributed by atoms with E-state index in [9.17, 15) is 4.79 Å². The van der Waals surface area contributed by atoms with Crippen molar-refractivity contribution in [3.05, 3.63) is 17.5 Å². The van der Waals surface area contributed by atoms with Crippen LogP contribution in [0.2, 0.25) is 0 Å². The molecule has 0 bridgehead atoms. The quantitative estimate of drug-likeness (QED) is 0.894. The lowest BCUT2D eigenvalue weighted by Gasteiger charge is -2.31. The molecule has 1 aromatic rings. The molecule has 1 N–H and O–H groups in total. The first kappa shape index (κ1) is 15.0. The van der Waals surface area contributed by atoms with Crippen molar-refractivity contribution in [2.45, 2.75) is 46.1 Å². The first-order valence-corrected chi connectivity index (χ1v) is 7.59. The number of aliphatic hydroxyl groups is 1. The van der Waals surface area contributed by atoms with Crippen LogP contribution in [0, 0.1) is 12.8 Å². The first-order valence-electron chi connectivity index (χ1n) is 7.59. The summed E-state index contributed by atoms with van der Waals surface area (Å²) in [7, 11) is 0. The Balaban J connectivity index is 2.01. The van der Waals surface area contributed by atoms with Gasteiger partial charge in [0.2, 0.25) is 0 Å². The predicted octanol–water partition coefficient (Wildman–Crippen LogP) is 1.84. The van der Waals surface area contributed by atoms with Crippen molar-refractivity contribution in [2.24, 2.45) is 5.92 Å². The molecule has 1 aliphatic heterocycles. The summed E-state index contributed by atoms with van der Waals surface area (Å²) in [5.41, 5.74) is 1.69. The predicted molar refractivity (Wildman–Crippen MR) is 77.6 cm³/mol. The van der Waals surface area contributed by atoms with Gasteiger partial charge < -0.3 is 10.0 Å². The van der Waals surface area contributed by atoms with Gasteiger partial charge in [-0.25, -0.2) is 0 Å². The lowest BCUT2D eigenvalue weighted by Crippen LogP contribution is -2.39. The molecule has 112 valence electrons. The number of carbonyl (C=O) groups is 1. The van der Waals surface area contributed by atoms with Gasteiger partial charge in [0.05, 0.1) is 11.8 Å². The average molecular weight is 279 g/mol. The van der Waals surface area contributed by atoms with Crippen LogP contribution in [0.15, 0.2) is 6.20 Å². The van der Waals surface area contributed by atoms with Crippen LogP contribution in [0.3, 0.4) is 0 Å². The summed E-state index contributed by atoms with van der Waals surface area (Å²) in [5.74, 6) is 0.439. The van der Waals surface area contributed by atoms with Gasteiger partial charge in [-0.3, -0.25) is 9.48 Å². The summed E-state index contributed by atoms with van der Waals surface area (Å²) >= 11 is 0. The maximum absolute atomic E-state index is 12.5. The third kappa shape index (κ3) is 3.20. The summed E-state index contributed by atoms with van der Waals surface area (Å²) in [6.07, 6.45) is 5.69. The average Bonchev–Trinajstić information content (AvgIpc) is 2.85. The second kappa shape index (κ2) is 6.88. The summed E-state index contributed by atoms with van der Waals surface area (Å²) < 4.78 is 1.93. The monoisotopic (exact) mass is 279 g/mol. The number of amides is 1. The number of likely N-dealkylation sites (tertiary alicyclic amines) is 1. The zero-order valence-electron chi connectivity index (χ0n) is 12.5. The van der Waals surface area contributed by atoms with Gasteiger partial charge in [-0.2, -0.15) is 5.10 Å². The largest absolute Gasteiger partial charge is 0.396 e. The van der Waals surface area contributed by atoms with Gasteiger partial charge in [0, 0.05) is 31.9 Å². The summed E-state index contributed by atoms with van der Waals surface area (Å²) in [5, 5.41) is 13.5. The van der Waals surface area contributed by atoms with Crippen molar-refractivity contribution in [1.29, 1.82) is 0 Å². The topological polar surface area (TPSA) is 58.4 Å². The van der Waals surface area contributed by atoms with Crippen LogP contribution >= 0.6 is 0 Å². The minimum atomic E-state index is 0.0849. The minimum Gasteiger partial charge on any atom is -0.396 e. The van der Waals surface area contributed by atoms with E-state index in [1.807, 2.05) is 16.5 Å². The summed E-state index contributed by atoms with van der Waals surface area (Å²) in [6, 6.07) is 0. The lowest BCUT2D eigenvalue weighted by atomic mass is 9.97. The van der Waals surface area contributed by atoms with Gasteiger partial charge in [0.25, 0.3) is 5.91 Å². The van der Waals surface area contributed by atoms with E-state index in [0.717, 1.165) is 56.6 Å². The highest BCUT2D eigenvalue weighted by Gasteiger charge is 2.25. The molecule has 20 heavy (non-hydrogen) atoms. The number of unbranched alkanes of at least 4 members (excludes halogenated alkanes) is 1. The van der Waals surface area contributed by atoms with Gasteiger partial charge in [0.1, 0.15) is 0 Å². The summed E-state index contributed by atoms with van der Waals surface area (Å²) in [6.45, 7) is 6.71. The number of piperidine rings is 1. The number of aryl methyl sites for hydroxylation is 1. The first-order chi connectivity index (χ1) is 9.67. The molecule has 1 saturated heterocycles. The Labute approximate surface area is 120 Å². The van der Waals surface area contributed by atoms with Crippen LogP contribution in [0.25, 0.3) is 0 Å². The number of hydrogen-bond acceptors (Lipinski definition) is 3. The lowest BCUT2D eigenvalue weighted by molar-refractivity contribution is 0.0650. The van der Waals surface area contributed by atoms with Crippen LogP contribution in [-0.2, 0) is 6.54 Å². The van der Waals surface area contributed by atoms with Gasteiger partial charge in [0.15, 0.2) is 0 Å². The van der Waals surface area contributed by atoms with Crippen LogP contribution in [-0.4, -0.2) is 45.4 Å². The number of nitrogens with zero attached hydrogens (tertiary/aromatic N) is 3. The van der Waals surface area contributed by atoms with E-state index in [4.69, 9.17) is 5.11 Å². The molecule has 2 heterocycles. The van der Waals surface area contributed by atoms with E-state index in [1.54, 1.807) is 6.20 Å². The Morgan fingerprint density at radius 2 is 2.15 bits per heavy atom. The van der Waals surface area contributed by atoms with E-state index < -0.39 is 0 Å². The number of hydrogen-bond donors (Lipinski definition) is 1. The molecule has 0 radical (unpaired) electrons. The highest BCUT2D eigenvalue weighted by Crippen LogP contribution is 2.19. The molecule has 0 atom stereocenters. The molecule has 5 nitrogen and oxygen atoms in total. The zero-order chi connectivity index (χ0) is 14.5. The molecular formula is C15H25N3O2. The molecule has 5 heteroatoms. The molecule has 0 unspecified atom stereocenters. The van der Waals surface area contributed by atoms with Crippen LogP contribution in [0.1, 0.15) is 48.7 Å². The number of aromatic nitrogens is 2. The van der Waals surface area contributed by atoms with Crippen molar-refractivity contribution >= 4 is 5.91 Å². The maximum atomic E-state index is 12.5. The Kier molecular flexibility index (Phi) is 5.17. The normalized spacial score (nSPS) is 16.6. The minimum absolute atomic E-state index is 0.0849. The van der Waals surface area contributed by atoms with E-state index in [0.29, 0.717) is 5.92 Å². The third-order valence-corrected chi connectivity index (χ3v) is 4.22. The molecule has 0 aromatic carbocycles. The molecule has 2 rings (SSSR count). The van der Waals surface area contributed by atoms with Gasteiger partial charge in [-0.1, -0.05) is 13.3 Å². The second-order valence-corrected chi connectivity index (χ2v) is 5.64. The number of carbonyl (C=O) groups excluding carboxylic acids is 1. The smallest absolute Gasteiger partial charge is 0.257 e. The van der Waals surface area contributed by atoms with E-state index in [1.165, 1.54) is 0 Å². The van der Waals surface area contributed by atoms with Gasteiger partial charge in [-0.05, 0) is 32.1 Å². The zero-order valence-corrected chi connectivity index (χ0v) is 12.5. The molecule has 1 amide bonds.